The third-order valence-corrected chi connectivity index (χ3v) is 3.02. The summed E-state index contributed by atoms with van der Waals surface area (Å²) in [6.45, 7) is -0.395. The highest BCUT2D eigenvalue weighted by atomic mass is 16.3. The Labute approximate surface area is 118 Å². The fourth-order valence-electron chi connectivity index (χ4n) is 1.98. The van der Waals surface area contributed by atoms with Gasteiger partial charge in [0.25, 0.3) is 5.56 Å². The molecule has 21 heavy (non-hydrogen) atoms. The van der Waals surface area contributed by atoms with Crippen molar-refractivity contribution in [2.24, 2.45) is 0 Å². The van der Waals surface area contributed by atoms with Crippen molar-refractivity contribution in [1.29, 1.82) is 0 Å². The number of hydrogen-bond acceptors (Lipinski definition) is 6. The average Bonchev–Trinajstić information content (AvgIpc) is 2.91. The molecule has 0 radical (unpaired) electrons. The summed E-state index contributed by atoms with van der Waals surface area (Å²) in [5, 5.41) is 25.9. The summed E-state index contributed by atoms with van der Waals surface area (Å²) in [6.07, 6.45) is -0.990. The van der Waals surface area contributed by atoms with Crippen LogP contribution in [0.3, 0.4) is 0 Å². The van der Waals surface area contributed by atoms with Gasteiger partial charge in [-0.15, -0.1) is 5.10 Å². The zero-order valence-corrected chi connectivity index (χ0v) is 11.0. The van der Waals surface area contributed by atoms with Gasteiger partial charge in [-0.1, -0.05) is 35.5 Å². The van der Waals surface area contributed by atoms with Gasteiger partial charge in [0.15, 0.2) is 11.2 Å². The molecule has 3 N–H and O–H groups in total. The van der Waals surface area contributed by atoms with Crippen LogP contribution in [0.2, 0.25) is 0 Å². The van der Waals surface area contributed by atoms with Gasteiger partial charge in [0.05, 0.1) is 19.3 Å². The number of hydrogen-bond donors (Lipinski definition) is 3. The third kappa shape index (κ3) is 2.54. The van der Waals surface area contributed by atoms with E-state index in [2.05, 4.69) is 20.3 Å². The van der Waals surface area contributed by atoms with Gasteiger partial charge in [0.1, 0.15) is 5.82 Å². The van der Waals surface area contributed by atoms with E-state index in [9.17, 15) is 9.90 Å². The first kappa shape index (κ1) is 13.4. The van der Waals surface area contributed by atoms with Crippen molar-refractivity contribution >= 4 is 11.2 Å². The Morgan fingerprint density at radius 2 is 2.05 bits per heavy atom. The van der Waals surface area contributed by atoms with E-state index in [-0.39, 0.29) is 17.7 Å². The number of aromatic amines is 1. The molecule has 0 unspecified atom stereocenters. The molecular formula is C13H13N5O3. The van der Waals surface area contributed by atoms with E-state index in [1.165, 1.54) is 4.68 Å². The van der Waals surface area contributed by atoms with E-state index in [1.54, 1.807) is 0 Å². The van der Waals surface area contributed by atoms with Gasteiger partial charge < -0.3 is 15.2 Å². The van der Waals surface area contributed by atoms with Crippen molar-refractivity contribution in [3.8, 4) is 11.4 Å². The number of nitrogens with zero attached hydrogens (tertiary/aromatic N) is 4. The minimum atomic E-state index is -0.990. The summed E-state index contributed by atoms with van der Waals surface area (Å²) >= 11 is 0. The van der Waals surface area contributed by atoms with Crippen LogP contribution in [-0.2, 0) is 6.54 Å². The lowest BCUT2D eigenvalue weighted by atomic mass is 10.2. The molecule has 0 amide bonds. The molecule has 3 rings (SSSR count). The molecular weight excluding hydrogens is 274 g/mol. The average molecular weight is 287 g/mol. The van der Waals surface area contributed by atoms with E-state index >= 15 is 0 Å². The molecule has 0 saturated heterocycles. The van der Waals surface area contributed by atoms with E-state index in [1.807, 2.05) is 30.3 Å². The fourth-order valence-corrected chi connectivity index (χ4v) is 1.98. The molecule has 8 nitrogen and oxygen atoms in total. The maximum absolute atomic E-state index is 12.0. The second-order valence-corrected chi connectivity index (χ2v) is 4.56. The lowest BCUT2D eigenvalue weighted by Crippen LogP contribution is -2.21. The standard InChI is InChI=1S/C13H13N5O3/c19-7-9(20)6-18-12-10(16-17-18)13(21)15-11(14-12)8-4-2-1-3-5-8/h1-5,9,19-20H,6-7H2,(H,14,15,21)/t9-/m0/s1. The third-order valence-electron chi connectivity index (χ3n) is 3.02. The van der Waals surface area contributed by atoms with Crippen LogP contribution in [0.5, 0.6) is 0 Å². The normalized spacial score (nSPS) is 12.7. The van der Waals surface area contributed by atoms with Crippen LogP contribution in [0.1, 0.15) is 0 Å². The molecule has 2 aromatic heterocycles. The Hall–Kier alpha value is -2.58. The minimum Gasteiger partial charge on any atom is -0.394 e. The van der Waals surface area contributed by atoms with Crippen LogP contribution in [-0.4, -0.2) is 47.9 Å². The highest BCUT2D eigenvalue weighted by molar-refractivity contribution is 5.71. The van der Waals surface area contributed by atoms with Gasteiger partial charge in [-0.25, -0.2) is 9.67 Å². The van der Waals surface area contributed by atoms with Crippen LogP contribution in [0, 0.1) is 0 Å². The molecule has 0 aliphatic heterocycles. The van der Waals surface area contributed by atoms with Crippen molar-refractivity contribution in [2.75, 3.05) is 6.61 Å². The molecule has 2 heterocycles. The Balaban J connectivity index is 2.13. The molecule has 0 aliphatic carbocycles. The van der Waals surface area contributed by atoms with Crippen LogP contribution >= 0.6 is 0 Å². The second-order valence-electron chi connectivity index (χ2n) is 4.56. The molecule has 0 spiro atoms. The van der Waals surface area contributed by atoms with Gasteiger partial charge in [-0.2, -0.15) is 0 Å². The minimum absolute atomic E-state index is 0.0116. The summed E-state index contributed by atoms with van der Waals surface area (Å²) < 4.78 is 1.30. The quantitative estimate of drug-likeness (QED) is 0.597. The van der Waals surface area contributed by atoms with E-state index < -0.39 is 18.3 Å². The van der Waals surface area contributed by atoms with Crippen LogP contribution < -0.4 is 5.56 Å². The molecule has 0 saturated carbocycles. The summed E-state index contributed by atoms with van der Waals surface area (Å²) in [7, 11) is 0. The fraction of sp³-hybridized carbons (Fsp3) is 0.231. The van der Waals surface area contributed by atoms with Gasteiger partial charge in [0.2, 0.25) is 0 Å². The number of H-pyrrole nitrogens is 1. The largest absolute Gasteiger partial charge is 0.394 e. The van der Waals surface area contributed by atoms with Crippen LogP contribution in [0.15, 0.2) is 35.1 Å². The first-order valence-electron chi connectivity index (χ1n) is 6.37. The number of aliphatic hydroxyl groups is 2. The second kappa shape index (κ2) is 5.43. The Morgan fingerprint density at radius 3 is 2.76 bits per heavy atom. The molecule has 0 aliphatic rings. The zero-order valence-electron chi connectivity index (χ0n) is 11.0. The van der Waals surface area contributed by atoms with Gasteiger partial charge >= 0.3 is 0 Å². The van der Waals surface area contributed by atoms with Gasteiger partial charge in [0, 0.05) is 5.56 Å². The van der Waals surface area contributed by atoms with E-state index in [0.717, 1.165) is 5.56 Å². The molecule has 1 aromatic carbocycles. The van der Waals surface area contributed by atoms with Gasteiger partial charge in [-0.3, -0.25) is 4.79 Å². The highest BCUT2D eigenvalue weighted by Crippen LogP contribution is 2.14. The first-order valence-corrected chi connectivity index (χ1v) is 6.37. The summed E-state index contributed by atoms with van der Waals surface area (Å²) in [6, 6.07) is 9.18. The predicted octanol–water partition coefficient (Wildman–Crippen LogP) is -0.465. The summed E-state index contributed by atoms with van der Waals surface area (Å²) in [5.41, 5.74) is 0.723. The first-order chi connectivity index (χ1) is 10.2. The van der Waals surface area contributed by atoms with E-state index in [4.69, 9.17) is 5.11 Å². The lowest BCUT2D eigenvalue weighted by Gasteiger charge is -2.07. The monoisotopic (exact) mass is 287 g/mol. The molecule has 1 atom stereocenters. The Bertz CT molecular complexity index is 812. The predicted molar refractivity (Wildman–Crippen MR) is 74.5 cm³/mol. The van der Waals surface area contributed by atoms with Gasteiger partial charge in [-0.05, 0) is 0 Å². The number of nitrogens with one attached hydrogen (secondary N) is 1. The number of benzene rings is 1. The van der Waals surface area contributed by atoms with Crippen molar-refractivity contribution in [2.45, 2.75) is 12.6 Å². The zero-order chi connectivity index (χ0) is 14.8. The maximum Gasteiger partial charge on any atom is 0.281 e. The summed E-state index contributed by atoms with van der Waals surface area (Å²) in [5.74, 6) is 0.398. The molecule has 0 fully saturated rings. The number of aromatic nitrogens is 5. The Morgan fingerprint density at radius 1 is 1.29 bits per heavy atom. The number of aliphatic hydroxyl groups excluding tert-OH is 2. The molecule has 0 bridgehead atoms. The van der Waals surface area contributed by atoms with Crippen molar-refractivity contribution < 1.29 is 10.2 Å². The maximum atomic E-state index is 12.0. The topological polar surface area (TPSA) is 117 Å². The van der Waals surface area contributed by atoms with Crippen molar-refractivity contribution in [3.05, 3.63) is 40.7 Å². The number of fused-ring (bicyclic) bond motifs is 1. The lowest BCUT2D eigenvalue weighted by molar-refractivity contribution is 0.0787. The molecule has 3 aromatic rings. The Kier molecular flexibility index (Phi) is 3.46. The molecule has 108 valence electrons. The van der Waals surface area contributed by atoms with Crippen molar-refractivity contribution in [3.63, 3.8) is 0 Å². The highest BCUT2D eigenvalue weighted by Gasteiger charge is 2.14. The van der Waals surface area contributed by atoms with Crippen LogP contribution in [0.4, 0.5) is 0 Å². The molecule has 8 heteroatoms. The smallest absolute Gasteiger partial charge is 0.281 e. The summed E-state index contributed by atoms with van der Waals surface area (Å²) in [4.78, 5) is 19.0. The van der Waals surface area contributed by atoms with Crippen molar-refractivity contribution in [1.82, 2.24) is 25.0 Å². The SMILES string of the molecule is O=c1[nH]c(-c2ccccc2)nc2c1nnn2C[C@H](O)CO. The van der Waals surface area contributed by atoms with Crippen LogP contribution in [0.25, 0.3) is 22.6 Å². The number of rotatable bonds is 4. The van der Waals surface area contributed by atoms with E-state index in [0.29, 0.717) is 5.82 Å².